The number of hydrogen-bond acceptors (Lipinski definition) is 3. The van der Waals surface area contributed by atoms with Gasteiger partial charge in [-0.05, 0) is 42.9 Å². The molecule has 0 aliphatic carbocycles. The predicted octanol–water partition coefficient (Wildman–Crippen LogP) is 2.23. The van der Waals surface area contributed by atoms with E-state index in [1.807, 2.05) is 38.4 Å². The summed E-state index contributed by atoms with van der Waals surface area (Å²) in [6.07, 6.45) is 3.82. The van der Waals surface area contributed by atoms with Gasteiger partial charge in [-0.25, -0.2) is 0 Å². The first kappa shape index (κ1) is 15.8. The zero-order valence-electron chi connectivity index (χ0n) is 13.1. The number of nitrogens with zero attached hydrogens (tertiary/aromatic N) is 1. The third-order valence-corrected chi connectivity index (χ3v) is 3.95. The van der Waals surface area contributed by atoms with Crippen molar-refractivity contribution in [3.63, 3.8) is 0 Å². The van der Waals surface area contributed by atoms with Crippen molar-refractivity contribution in [2.45, 2.75) is 25.7 Å². The molecule has 1 atom stereocenters. The molecule has 1 amide bonds. The van der Waals surface area contributed by atoms with Gasteiger partial charge in [-0.15, -0.1) is 0 Å². The van der Waals surface area contributed by atoms with E-state index in [0.717, 1.165) is 43.9 Å². The fourth-order valence-electron chi connectivity index (χ4n) is 2.59. The maximum atomic E-state index is 11.9. The van der Waals surface area contributed by atoms with Crippen molar-refractivity contribution in [2.75, 3.05) is 38.8 Å². The zero-order valence-corrected chi connectivity index (χ0v) is 13.1. The minimum atomic E-state index is 0.107. The van der Waals surface area contributed by atoms with Gasteiger partial charge in [0.15, 0.2) is 0 Å². The van der Waals surface area contributed by atoms with Crippen LogP contribution in [0.2, 0.25) is 0 Å². The third-order valence-electron chi connectivity index (χ3n) is 3.95. The quantitative estimate of drug-likeness (QED) is 0.783. The molecule has 1 N–H and O–H groups in total. The zero-order chi connectivity index (χ0) is 15.1. The van der Waals surface area contributed by atoms with Crippen molar-refractivity contribution in [1.82, 2.24) is 5.32 Å². The first-order chi connectivity index (χ1) is 10.1. The van der Waals surface area contributed by atoms with Crippen LogP contribution < -0.4 is 10.2 Å². The van der Waals surface area contributed by atoms with Gasteiger partial charge in [0.1, 0.15) is 0 Å². The van der Waals surface area contributed by atoms with E-state index in [4.69, 9.17) is 4.74 Å². The molecular weight excluding hydrogens is 264 g/mol. The van der Waals surface area contributed by atoms with Gasteiger partial charge in [0.25, 0.3) is 0 Å². The second kappa shape index (κ2) is 8.03. The summed E-state index contributed by atoms with van der Waals surface area (Å²) in [6, 6.07) is 8.13. The SMILES string of the molecule is CN(C)c1ccc(CC(=O)NCCC[C@H]2CCOC2)cc1. The lowest BCUT2D eigenvalue weighted by Crippen LogP contribution is -2.26. The molecule has 1 fully saturated rings. The topological polar surface area (TPSA) is 41.6 Å². The van der Waals surface area contributed by atoms with E-state index in [-0.39, 0.29) is 5.91 Å². The molecule has 1 aromatic carbocycles. The molecule has 1 aliphatic heterocycles. The number of nitrogens with one attached hydrogen (secondary N) is 1. The highest BCUT2D eigenvalue weighted by Gasteiger charge is 2.14. The maximum Gasteiger partial charge on any atom is 0.224 e. The van der Waals surface area contributed by atoms with Gasteiger partial charge in [0.2, 0.25) is 5.91 Å². The summed E-state index contributed by atoms with van der Waals surface area (Å²) in [5.74, 6) is 0.802. The van der Waals surface area contributed by atoms with Crippen LogP contribution in [0.5, 0.6) is 0 Å². The van der Waals surface area contributed by atoms with Crippen LogP contribution in [-0.2, 0) is 16.0 Å². The van der Waals surface area contributed by atoms with E-state index < -0.39 is 0 Å². The standard InChI is InChI=1S/C17H26N2O2/c1-19(2)16-7-5-14(6-8-16)12-17(20)18-10-3-4-15-9-11-21-13-15/h5-8,15H,3-4,9-13H2,1-2H3,(H,18,20)/t15-/m0/s1. The first-order valence-corrected chi connectivity index (χ1v) is 7.76. The van der Waals surface area contributed by atoms with Crippen molar-refractivity contribution in [2.24, 2.45) is 5.92 Å². The Bertz CT molecular complexity index is 437. The minimum absolute atomic E-state index is 0.107. The highest BCUT2D eigenvalue weighted by atomic mass is 16.5. The van der Waals surface area contributed by atoms with E-state index >= 15 is 0 Å². The molecule has 0 aromatic heterocycles. The van der Waals surface area contributed by atoms with Crippen LogP contribution in [0, 0.1) is 5.92 Å². The molecule has 0 saturated carbocycles. The number of benzene rings is 1. The lowest BCUT2D eigenvalue weighted by Gasteiger charge is -2.12. The molecule has 0 unspecified atom stereocenters. The average Bonchev–Trinajstić information content (AvgIpc) is 2.97. The minimum Gasteiger partial charge on any atom is -0.381 e. The number of anilines is 1. The Labute approximate surface area is 127 Å². The van der Waals surface area contributed by atoms with Crippen LogP contribution in [0.25, 0.3) is 0 Å². The summed E-state index contributed by atoms with van der Waals surface area (Å²) in [5, 5.41) is 3.00. The Kier molecular flexibility index (Phi) is 6.05. The Morgan fingerprint density at radius 3 is 2.71 bits per heavy atom. The molecule has 0 bridgehead atoms. The molecule has 4 nitrogen and oxygen atoms in total. The smallest absolute Gasteiger partial charge is 0.224 e. The molecule has 0 radical (unpaired) electrons. The molecule has 1 heterocycles. The fourth-order valence-corrected chi connectivity index (χ4v) is 2.59. The Balaban J connectivity index is 1.64. The van der Waals surface area contributed by atoms with Gasteiger partial charge >= 0.3 is 0 Å². The largest absolute Gasteiger partial charge is 0.381 e. The highest BCUT2D eigenvalue weighted by Crippen LogP contribution is 2.17. The van der Waals surface area contributed by atoms with E-state index in [0.29, 0.717) is 12.3 Å². The van der Waals surface area contributed by atoms with Crippen molar-refractivity contribution >= 4 is 11.6 Å². The van der Waals surface area contributed by atoms with E-state index in [2.05, 4.69) is 10.2 Å². The lowest BCUT2D eigenvalue weighted by molar-refractivity contribution is -0.120. The first-order valence-electron chi connectivity index (χ1n) is 7.76. The van der Waals surface area contributed by atoms with Crippen LogP contribution in [0.4, 0.5) is 5.69 Å². The van der Waals surface area contributed by atoms with Crippen LogP contribution in [0.15, 0.2) is 24.3 Å². The summed E-state index contributed by atoms with van der Waals surface area (Å²) < 4.78 is 5.35. The number of rotatable bonds is 7. The molecule has 1 saturated heterocycles. The summed E-state index contributed by atoms with van der Waals surface area (Å²) in [6.45, 7) is 2.57. The Morgan fingerprint density at radius 2 is 2.10 bits per heavy atom. The molecule has 1 aromatic rings. The second-order valence-electron chi connectivity index (χ2n) is 5.96. The van der Waals surface area contributed by atoms with Gasteiger partial charge in [-0.2, -0.15) is 0 Å². The molecule has 0 spiro atoms. The van der Waals surface area contributed by atoms with E-state index in [9.17, 15) is 4.79 Å². The molecule has 4 heteroatoms. The summed E-state index contributed by atoms with van der Waals surface area (Å²) in [5.41, 5.74) is 2.21. The van der Waals surface area contributed by atoms with Crippen LogP contribution >= 0.6 is 0 Å². The molecule has 2 rings (SSSR count). The lowest BCUT2D eigenvalue weighted by atomic mass is 10.0. The Hall–Kier alpha value is -1.55. The number of amides is 1. The van der Waals surface area contributed by atoms with Crippen molar-refractivity contribution in [3.05, 3.63) is 29.8 Å². The van der Waals surface area contributed by atoms with E-state index in [1.54, 1.807) is 0 Å². The second-order valence-corrected chi connectivity index (χ2v) is 5.96. The number of carbonyl (C=O) groups excluding carboxylic acids is 1. The van der Waals surface area contributed by atoms with Crippen LogP contribution in [0.3, 0.4) is 0 Å². The molecule has 116 valence electrons. The molecular formula is C17H26N2O2. The monoisotopic (exact) mass is 290 g/mol. The van der Waals surface area contributed by atoms with Gasteiger partial charge in [0, 0.05) is 39.5 Å². The van der Waals surface area contributed by atoms with E-state index in [1.165, 1.54) is 6.42 Å². The summed E-state index contributed by atoms with van der Waals surface area (Å²) >= 11 is 0. The van der Waals surface area contributed by atoms with Crippen molar-refractivity contribution < 1.29 is 9.53 Å². The summed E-state index contributed by atoms with van der Waals surface area (Å²) in [7, 11) is 4.02. The Morgan fingerprint density at radius 1 is 1.33 bits per heavy atom. The summed E-state index contributed by atoms with van der Waals surface area (Å²) in [4.78, 5) is 13.9. The van der Waals surface area contributed by atoms with Crippen molar-refractivity contribution in [1.29, 1.82) is 0 Å². The van der Waals surface area contributed by atoms with Crippen LogP contribution in [-0.4, -0.2) is 39.8 Å². The maximum absolute atomic E-state index is 11.9. The average molecular weight is 290 g/mol. The number of carbonyl (C=O) groups is 1. The highest BCUT2D eigenvalue weighted by molar-refractivity contribution is 5.78. The number of ether oxygens (including phenoxy) is 1. The predicted molar refractivity (Wildman–Crippen MR) is 85.6 cm³/mol. The fraction of sp³-hybridized carbons (Fsp3) is 0.588. The van der Waals surface area contributed by atoms with Gasteiger partial charge < -0.3 is 15.0 Å². The van der Waals surface area contributed by atoms with Gasteiger partial charge in [-0.1, -0.05) is 12.1 Å². The normalized spacial score (nSPS) is 17.7. The third kappa shape index (κ3) is 5.38. The van der Waals surface area contributed by atoms with Crippen molar-refractivity contribution in [3.8, 4) is 0 Å². The molecule has 1 aliphatic rings. The molecule has 21 heavy (non-hydrogen) atoms. The van der Waals surface area contributed by atoms with Gasteiger partial charge in [-0.3, -0.25) is 4.79 Å². The van der Waals surface area contributed by atoms with Crippen LogP contribution in [0.1, 0.15) is 24.8 Å². The number of hydrogen-bond donors (Lipinski definition) is 1. The van der Waals surface area contributed by atoms with Gasteiger partial charge in [0.05, 0.1) is 6.42 Å².